The zero-order chi connectivity index (χ0) is 21.1. The highest BCUT2D eigenvalue weighted by Gasteiger charge is 2.32. The van der Waals surface area contributed by atoms with Crippen molar-refractivity contribution in [2.75, 3.05) is 24.5 Å². The van der Waals surface area contributed by atoms with Crippen molar-refractivity contribution in [1.82, 2.24) is 14.7 Å². The van der Waals surface area contributed by atoms with E-state index in [-0.39, 0.29) is 17.6 Å². The molecule has 1 aliphatic heterocycles. The SMILES string of the molecule is O=C(NCCc1cccs1)C1CCN(c2nc3ccccn3c(=O)c2[N+](=O)[O-])CC1. The zero-order valence-electron chi connectivity index (χ0n) is 16.2. The highest BCUT2D eigenvalue weighted by atomic mass is 32.1. The summed E-state index contributed by atoms with van der Waals surface area (Å²) in [4.78, 5) is 43.3. The van der Waals surface area contributed by atoms with Crippen molar-refractivity contribution in [1.29, 1.82) is 0 Å². The molecule has 3 aromatic heterocycles. The molecule has 10 heteroatoms. The van der Waals surface area contributed by atoms with E-state index in [0.717, 1.165) is 6.42 Å². The van der Waals surface area contributed by atoms with Gasteiger partial charge in [-0.3, -0.25) is 24.1 Å². The van der Waals surface area contributed by atoms with Gasteiger partial charge in [0.15, 0.2) is 0 Å². The lowest BCUT2D eigenvalue weighted by Gasteiger charge is -2.31. The van der Waals surface area contributed by atoms with E-state index in [1.54, 1.807) is 34.4 Å². The molecule has 0 radical (unpaired) electrons. The monoisotopic (exact) mass is 427 g/mol. The highest BCUT2D eigenvalue weighted by Crippen LogP contribution is 2.28. The summed E-state index contributed by atoms with van der Waals surface area (Å²) in [5.41, 5.74) is -0.872. The Bertz CT molecular complexity index is 1120. The number of nitro groups is 1. The van der Waals surface area contributed by atoms with Crippen LogP contribution in [0.4, 0.5) is 11.5 Å². The van der Waals surface area contributed by atoms with Crippen LogP contribution in [0.25, 0.3) is 5.65 Å². The van der Waals surface area contributed by atoms with E-state index in [0.29, 0.717) is 38.1 Å². The molecule has 0 unspecified atom stereocenters. The molecule has 9 nitrogen and oxygen atoms in total. The summed E-state index contributed by atoms with van der Waals surface area (Å²) in [6.45, 7) is 1.45. The second-order valence-electron chi connectivity index (χ2n) is 7.16. The van der Waals surface area contributed by atoms with Crippen LogP contribution in [0.1, 0.15) is 17.7 Å². The van der Waals surface area contributed by atoms with Crippen LogP contribution in [-0.2, 0) is 11.2 Å². The number of anilines is 1. The number of nitrogens with one attached hydrogen (secondary N) is 1. The number of aromatic nitrogens is 2. The molecule has 1 aliphatic rings. The Labute approximate surface area is 176 Å². The largest absolute Gasteiger partial charge is 0.376 e. The average Bonchev–Trinajstić information content (AvgIpc) is 3.27. The van der Waals surface area contributed by atoms with Crippen molar-refractivity contribution in [2.45, 2.75) is 19.3 Å². The lowest BCUT2D eigenvalue weighted by Crippen LogP contribution is -2.42. The van der Waals surface area contributed by atoms with Crippen LogP contribution in [-0.4, -0.2) is 39.8 Å². The van der Waals surface area contributed by atoms with Gasteiger partial charge in [0.2, 0.25) is 11.7 Å². The first-order valence-corrected chi connectivity index (χ1v) is 10.6. The molecule has 156 valence electrons. The second-order valence-corrected chi connectivity index (χ2v) is 8.19. The average molecular weight is 427 g/mol. The Kier molecular flexibility index (Phi) is 5.75. The number of piperidine rings is 1. The molecule has 4 rings (SSSR count). The Balaban J connectivity index is 1.44. The van der Waals surface area contributed by atoms with Gasteiger partial charge in [0.1, 0.15) is 5.65 Å². The minimum Gasteiger partial charge on any atom is -0.355 e. The number of hydrogen-bond acceptors (Lipinski definition) is 7. The molecule has 1 fully saturated rings. The van der Waals surface area contributed by atoms with E-state index in [1.807, 2.05) is 17.5 Å². The number of nitrogens with zero attached hydrogens (tertiary/aromatic N) is 4. The summed E-state index contributed by atoms with van der Waals surface area (Å²) in [6.07, 6.45) is 3.38. The van der Waals surface area contributed by atoms with Gasteiger partial charge in [-0.2, -0.15) is 0 Å². The minimum absolute atomic E-state index is 0.00671. The third-order valence-corrected chi connectivity index (χ3v) is 6.23. The molecule has 0 aliphatic carbocycles. The number of hydrogen-bond donors (Lipinski definition) is 1. The highest BCUT2D eigenvalue weighted by molar-refractivity contribution is 7.09. The summed E-state index contributed by atoms with van der Waals surface area (Å²) in [7, 11) is 0. The smallest absolute Gasteiger partial charge is 0.355 e. The lowest BCUT2D eigenvalue weighted by atomic mass is 9.96. The molecule has 1 N–H and O–H groups in total. The van der Waals surface area contributed by atoms with E-state index in [1.165, 1.54) is 15.5 Å². The van der Waals surface area contributed by atoms with Crippen LogP contribution in [0, 0.1) is 16.0 Å². The molecule has 30 heavy (non-hydrogen) atoms. The third kappa shape index (κ3) is 4.04. The lowest BCUT2D eigenvalue weighted by molar-refractivity contribution is -0.385. The number of pyridine rings is 1. The molecule has 3 aromatic rings. The van der Waals surface area contributed by atoms with Gasteiger partial charge in [0.05, 0.1) is 4.92 Å². The molecular weight excluding hydrogens is 406 g/mol. The van der Waals surface area contributed by atoms with Crippen molar-refractivity contribution in [2.24, 2.45) is 5.92 Å². The van der Waals surface area contributed by atoms with Gasteiger partial charge in [-0.15, -0.1) is 11.3 Å². The fraction of sp³-hybridized carbons (Fsp3) is 0.350. The summed E-state index contributed by atoms with van der Waals surface area (Å²) < 4.78 is 1.18. The number of thiophene rings is 1. The van der Waals surface area contributed by atoms with Crippen molar-refractivity contribution < 1.29 is 9.72 Å². The number of fused-ring (bicyclic) bond motifs is 1. The van der Waals surface area contributed by atoms with E-state index in [2.05, 4.69) is 10.3 Å². The van der Waals surface area contributed by atoms with Crippen LogP contribution >= 0.6 is 11.3 Å². The second kappa shape index (κ2) is 8.62. The molecule has 0 saturated carbocycles. The normalized spacial score (nSPS) is 14.7. The van der Waals surface area contributed by atoms with Gasteiger partial charge >= 0.3 is 11.2 Å². The number of carbonyl (C=O) groups is 1. The van der Waals surface area contributed by atoms with Gasteiger partial charge < -0.3 is 10.2 Å². The molecule has 0 aromatic carbocycles. The van der Waals surface area contributed by atoms with E-state index in [4.69, 9.17) is 0 Å². The molecular formula is C20H21N5O4S. The summed E-state index contributed by atoms with van der Waals surface area (Å²) in [6, 6.07) is 9.03. The Hall–Kier alpha value is -3.27. The van der Waals surface area contributed by atoms with Crippen molar-refractivity contribution in [3.63, 3.8) is 0 Å². The maximum absolute atomic E-state index is 12.6. The quantitative estimate of drug-likeness (QED) is 0.477. The van der Waals surface area contributed by atoms with E-state index >= 15 is 0 Å². The molecule has 4 heterocycles. The predicted octanol–water partition coefficient (Wildman–Crippen LogP) is 2.24. The summed E-state index contributed by atoms with van der Waals surface area (Å²) in [5.74, 6) is -0.0646. The van der Waals surface area contributed by atoms with Crippen molar-refractivity contribution in [3.05, 3.63) is 67.3 Å². The molecule has 1 saturated heterocycles. The molecule has 0 atom stereocenters. The first-order chi connectivity index (χ1) is 14.5. The van der Waals surface area contributed by atoms with Crippen LogP contribution in [0.15, 0.2) is 46.7 Å². The maximum Gasteiger partial charge on any atom is 0.376 e. The number of amides is 1. The topological polar surface area (TPSA) is 110 Å². The van der Waals surface area contributed by atoms with E-state index < -0.39 is 16.2 Å². The third-order valence-electron chi connectivity index (χ3n) is 5.29. The van der Waals surface area contributed by atoms with Crippen LogP contribution in [0.3, 0.4) is 0 Å². The summed E-state index contributed by atoms with van der Waals surface area (Å²) >= 11 is 1.67. The van der Waals surface area contributed by atoms with Gasteiger partial charge in [0, 0.05) is 36.6 Å². The Morgan fingerprint density at radius 2 is 2.07 bits per heavy atom. The Morgan fingerprint density at radius 1 is 1.27 bits per heavy atom. The van der Waals surface area contributed by atoms with Gasteiger partial charge in [0.25, 0.3) is 0 Å². The van der Waals surface area contributed by atoms with E-state index in [9.17, 15) is 19.7 Å². The van der Waals surface area contributed by atoms with Crippen molar-refractivity contribution in [3.8, 4) is 0 Å². The zero-order valence-corrected chi connectivity index (χ0v) is 17.0. The predicted molar refractivity (Wildman–Crippen MR) is 114 cm³/mol. The fourth-order valence-electron chi connectivity index (χ4n) is 3.71. The first kappa shape index (κ1) is 20.0. The number of rotatable bonds is 6. The number of carbonyl (C=O) groups excluding carboxylic acids is 1. The van der Waals surface area contributed by atoms with Gasteiger partial charge in [-0.25, -0.2) is 4.98 Å². The first-order valence-electron chi connectivity index (χ1n) is 9.75. The minimum atomic E-state index is -0.700. The standard InChI is InChI=1S/C20H21N5O4S/c26-19(21-9-6-15-4-3-13-30-15)14-7-11-23(12-8-14)18-17(25(28)29)20(27)24-10-2-1-5-16(24)22-18/h1-5,10,13-14H,6-9,11-12H2,(H,21,26). The van der Waals surface area contributed by atoms with Crippen LogP contribution in [0.2, 0.25) is 0 Å². The van der Waals surface area contributed by atoms with Crippen LogP contribution in [0.5, 0.6) is 0 Å². The maximum atomic E-state index is 12.6. The van der Waals surface area contributed by atoms with Gasteiger partial charge in [-0.1, -0.05) is 12.1 Å². The molecule has 0 bridgehead atoms. The molecule has 0 spiro atoms. The van der Waals surface area contributed by atoms with Gasteiger partial charge in [-0.05, 0) is 42.8 Å². The molecule has 1 amide bonds. The fourth-order valence-corrected chi connectivity index (χ4v) is 4.42. The Morgan fingerprint density at radius 3 is 2.77 bits per heavy atom. The summed E-state index contributed by atoms with van der Waals surface area (Å²) in [5, 5.41) is 16.6. The van der Waals surface area contributed by atoms with Crippen LogP contribution < -0.4 is 15.8 Å². The van der Waals surface area contributed by atoms with Crippen molar-refractivity contribution >= 4 is 34.4 Å².